The van der Waals surface area contributed by atoms with E-state index in [0.717, 1.165) is 5.57 Å². The summed E-state index contributed by atoms with van der Waals surface area (Å²) in [6.45, 7) is 1.91. The summed E-state index contributed by atoms with van der Waals surface area (Å²) < 4.78 is 0. The molecule has 1 aliphatic rings. The first-order valence-corrected chi connectivity index (χ1v) is 3.27. The van der Waals surface area contributed by atoms with E-state index in [9.17, 15) is 4.79 Å². The summed E-state index contributed by atoms with van der Waals surface area (Å²) in [4.78, 5) is 10.4. The van der Waals surface area contributed by atoms with Gasteiger partial charge in [-0.3, -0.25) is 4.79 Å². The zero-order valence-corrected chi connectivity index (χ0v) is 5.87. The van der Waals surface area contributed by atoms with E-state index in [1.54, 1.807) is 0 Å². The molecule has 0 saturated heterocycles. The molecule has 0 aromatic rings. The highest BCUT2D eigenvalue weighted by Crippen LogP contribution is 2.23. The van der Waals surface area contributed by atoms with E-state index in [2.05, 4.69) is 0 Å². The first-order chi connectivity index (χ1) is 4.61. The van der Waals surface area contributed by atoms with E-state index >= 15 is 0 Å². The van der Waals surface area contributed by atoms with Crippen molar-refractivity contribution in [3.8, 4) is 0 Å². The molecule has 0 radical (unpaired) electrons. The van der Waals surface area contributed by atoms with Crippen molar-refractivity contribution in [1.82, 2.24) is 0 Å². The fourth-order valence-corrected chi connectivity index (χ4v) is 1.25. The number of carboxylic acid groups (broad SMARTS) is 1. The molecule has 3 nitrogen and oxygen atoms in total. The van der Waals surface area contributed by atoms with Crippen molar-refractivity contribution in [3.63, 3.8) is 0 Å². The summed E-state index contributed by atoms with van der Waals surface area (Å²) >= 11 is 0. The molecule has 0 fully saturated rings. The number of allylic oxidation sites excluding steroid dienone is 1. The van der Waals surface area contributed by atoms with Gasteiger partial charge >= 0.3 is 5.97 Å². The van der Waals surface area contributed by atoms with E-state index in [1.807, 2.05) is 13.0 Å². The third-order valence-corrected chi connectivity index (χ3v) is 1.80. The molecule has 3 N–H and O–H groups in total. The van der Waals surface area contributed by atoms with Crippen molar-refractivity contribution < 1.29 is 9.90 Å². The first-order valence-electron chi connectivity index (χ1n) is 3.27. The molecule has 0 amide bonds. The van der Waals surface area contributed by atoms with Gasteiger partial charge in [-0.2, -0.15) is 0 Å². The van der Waals surface area contributed by atoms with Gasteiger partial charge in [-0.1, -0.05) is 11.6 Å². The van der Waals surface area contributed by atoms with Crippen LogP contribution in [0.5, 0.6) is 0 Å². The second-order valence-electron chi connectivity index (χ2n) is 2.74. The number of carboxylic acids is 1. The van der Waals surface area contributed by atoms with E-state index in [-0.39, 0.29) is 12.0 Å². The summed E-state index contributed by atoms with van der Waals surface area (Å²) in [7, 11) is 0. The van der Waals surface area contributed by atoms with Gasteiger partial charge in [0.05, 0.1) is 5.92 Å². The monoisotopic (exact) mass is 141 g/mol. The predicted molar refractivity (Wildman–Crippen MR) is 37.5 cm³/mol. The molecule has 1 rings (SSSR count). The average Bonchev–Trinajstić information content (AvgIpc) is 2.10. The van der Waals surface area contributed by atoms with E-state index in [1.165, 1.54) is 0 Å². The lowest BCUT2D eigenvalue weighted by Crippen LogP contribution is -2.30. The lowest BCUT2D eigenvalue weighted by molar-refractivity contribution is -0.141. The van der Waals surface area contributed by atoms with Crippen molar-refractivity contribution in [2.24, 2.45) is 11.7 Å². The Morgan fingerprint density at radius 3 is 2.70 bits per heavy atom. The third-order valence-electron chi connectivity index (χ3n) is 1.80. The Bertz CT molecular complexity index is 186. The van der Waals surface area contributed by atoms with Crippen LogP contribution in [0, 0.1) is 5.92 Å². The number of hydrogen-bond donors (Lipinski definition) is 2. The summed E-state index contributed by atoms with van der Waals surface area (Å²) in [5.74, 6) is -1.18. The number of hydrogen-bond acceptors (Lipinski definition) is 2. The SMILES string of the molecule is CC1=C[C@@H](N)[C@@H](C(=O)O)C1. The molecule has 0 bridgehead atoms. The molecule has 10 heavy (non-hydrogen) atoms. The molecule has 3 heteroatoms. The number of nitrogens with two attached hydrogens (primary N) is 1. The molecule has 0 unspecified atom stereocenters. The Balaban J connectivity index is 2.63. The van der Waals surface area contributed by atoms with Gasteiger partial charge in [0.25, 0.3) is 0 Å². The standard InChI is InChI=1S/C7H11NO2/c1-4-2-5(7(9)10)6(8)3-4/h3,5-6H,2,8H2,1H3,(H,9,10)/t5-,6+/m0/s1. The van der Waals surface area contributed by atoms with E-state index in [0.29, 0.717) is 6.42 Å². The van der Waals surface area contributed by atoms with Gasteiger partial charge in [0.15, 0.2) is 0 Å². The number of aliphatic carboxylic acids is 1. The highest BCUT2D eigenvalue weighted by atomic mass is 16.4. The molecule has 56 valence electrons. The van der Waals surface area contributed by atoms with Gasteiger partial charge in [-0.05, 0) is 13.3 Å². The maximum Gasteiger partial charge on any atom is 0.308 e. The summed E-state index contributed by atoms with van der Waals surface area (Å²) in [5, 5.41) is 8.59. The van der Waals surface area contributed by atoms with E-state index in [4.69, 9.17) is 10.8 Å². The van der Waals surface area contributed by atoms with Crippen molar-refractivity contribution in [3.05, 3.63) is 11.6 Å². The van der Waals surface area contributed by atoms with Crippen LogP contribution in [0.15, 0.2) is 11.6 Å². The minimum absolute atomic E-state index is 0.280. The fourth-order valence-electron chi connectivity index (χ4n) is 1.25. The van der Waals surface area contributed by atoms with Crippen LogP contribution in [-0.2, 0) is 4.79 Å². The lowest BCUT2D eigenvalue weighted by Gasteiger charge is -2.07. The first kappa shape index (κ1) is 7.28. The Hall–Kier alpha value is -0.830. The van der Waals surface area contributed by atoms with Crippen LogP contribution < -0.4 is 5.73 Å². The van der Waals surface area contributed by atoms with Crippen LogP contribution in [0.3, 0.4) is 0 Å². The minimum Gasteiger partial charge on any atom is -0.481 e. The average molecular weight is 141 g/mol. The van der Waals surface area contributed by atoms with Gasteiger partial charge in [0.2, 0.25) is 0 Å². The molecule has 0 spiro atoms. The van der Waals surface area contributed by atoms with Crippen LogP contribution in [0.4, 0.5) is 0 Å². The van der Waals surface area contributed by atoms with Gasteiger partial charge in [-0.15, -0.1) is 0 Å². The molecule has 0 aromatic carbocycles. The highest BCUT2D eigenvalue weighted by molar-refractivity contribution is 5.72. The second kappa shape index (κ2) is 2.42. The molecule has 0 aromatic heterocycles. The van der Waals surface area contributed by atoms with Gasteiger partial charge in [0, 0.05) is 6.04 Å². The van der Waals surface area contributed by atoms with Crippen molar-refractivity contribution in [2.75, 3.05) is 0 Å². The maximum absolute atomic E-state index is 10.4. The third kappa shape index (κ3) is 1.19. The highest BCUT2D eigenvalue weighted by Gasteiger charge is 2.28. The molecule has 2 atom stereocenters. The molecule has 0 aliphatic heterocycles. The maximum atomic E-state index is 10.4. The van der Waals surface area contributed by atoms with Crippen molar-refractivity contribution >= 4 is 5.97 Å². The van der Waals surface area contributed by atoms with Crippen LogP contribution in [-0.4, -0.2) is 17.1 Å². The topological polar surface area (TPSA) is 63.3 Å². The minimum atomic E-state index is -0.791. The van der Waals surface area contributed by atoms with Crippen molar-refractivity contribution in [1.29, 1.82) is 0 Å². The van der Waals surface area contributed by atoms with Crippen LogP contribution in [0.2, 0.25) is 0 Å². The molecular weight excluding hydrogens is 130 g/mol. The zero-order chi connectivity index (χ0) is 7.72. The van der Waals surface area contributed by atoms with Gasteiger partial charge < -0.3 is 10.8 Å². The summed E-state index contributed by atoms with van der Waals surface area (Å²) in [6, 6.07) is -0.280. The lowest BCUT2D eigenvalue weighted by atomic mass is 10.0. The summed E-state index contributed by atoms with van der Waals surface area (Å²) in [6.07, 6.45) is 2.43. The van der Waals surface area contributed by atoms with E-state index < -0.39 is 5.97 Å². The predicted octanol–water partition coefficient (Wildman–Crippen LogP) is 0.365. The van der Waals surface area contributed by atoms with Crippen LogP contribution >= 0.6 is 0 Å². The Kier molecular flexibility index (Phi) is 1.76. The van der Waals surface area contributed by atoms with Gasteiger partial charge in [0.1, 0.15) is 0 Å². The Morgan fingerprint density at radius 2 is 2.50 bits per heavy atom. The zero-order valence-electron chi connectivity index (χ0n) is 5.87. The largest absolute Gasteiger partial charge is 0.481 e. The molecule has 0 heterocycles. The molecular formula is C7H11NO2. The summed E-state index contributed by atoms with van der Waals surface area (Å²) in [5.41, 5.74) is 6.60. The second-order valence-corrected chi connectivity index (χ2v) is 2.74. The van der Waals surface area contributed by atoms with Gasteiger partial charge in [-0.25, -0.2) is 0 Å². The van der Waals surface area contributed by atoms with Crippen LogP contribution in [0.1, 0.15) is 13.3 Å². The molecule has 0 saturated carbocycles. The molecule has 1 aliphatic carbocycles. The quantitative estimate of drug-likeness (QED) is 0.518. The number of rotatable bonds is 1. The van der Waals surface area contributed by atoms with Crippen molar-refractivity contribution in [2.45, 2.75) is 19.4 Å². The smallest absolute Gasteiger partial charge is 0.308 e. The Labute approximate surface area is 59.5 Å². The normalized spacial score (nSPS) is 32.0. The fraction of sp³-hybridized carbons (Fsp3) is 0.571. The Morgan fingerprint density at radius 1 is 1.90 bits per heavy atom. The number of carbonyl (C=O) groups is 1. The van der Waals surface area contributed by atoms with Crippen LogP contribution in [0.25, 0.3) is 0 Å².